The predicted molar refractivity (Wildman–Crippen MR) is 70.5 cm³/mol. The standard InChI is InChI=1S/C12H11ClN2OS/c1-15-12(16)11(10(13)7-14-15)17-8-9-5-3-2-4-6-9/h2-7H,8H2,1H3. The number of hydrogen-bond acceptors (Lipinski definition) is 3. The number of aryl methyl sites for hydroxylation is 1. The number of thioether (sulfide) groups is 1. The van der Waals surface area contributed by atoms with Crippen molar-refractivity contribution in [3.63, 3.8) is 0 Å². The summed E-state index contributed by atoms with van der Waals surface area (Å²) in [7, 11) is 1.62. The SMILES string of the molecule is Cn1ncc(Cl)c(SCc2ccccc2)c1=O. The van der Waals surface area contributed by atoms with Crippen LogP contribution < -0.4 is 5.56 Å². The van der Waals surface area contributed by atoms with Gasteiger partial charge in [-0.05, 0) is 5.56 Å². The zero-order chi connectivity index (χ0) is 12.3. The molecule has 1 aromatic heterocycles. The fraction of sp³-hybridized carbons (Fsp3) is 0.167. The molecule has 5 heteroatoms. The maximum absolute atomic E-state index is 11.8. The minimum Gasteiger partial charge on any atom is -0.266 e. The lowest BCUT2D eigenvalue weighted by Crippen LogP contribution is -2.20. The van der Waals surface area contributed by atoms with Crippen LogP contribution in [0, 0.1) is 0 Å². The zero-order valence-corrected chi connectivity index (χ0v) is 10.8. The van der Waals surface area contributed by atoms with Crippen LogP contribution in [-0.4, -0.2) is 9.78 Å². The molecule has 0 radical (unpaired) electrons. The zero-order valence-electron chi connectivity index (χ0n) is 9.26. The fourth-order valence-corrected chi connectivity index (χ4v) is 2.60. The van der Waals surface area contributed by atoms with E-state index in [-0.39, 0.29) is 5.56 Å². The number of hydrogen-bond donors (Lipinski definition) is 0. The topological polar surface area (TPSA) is 34.9 Å². The molecular weight excluding hydrogens is 256 g/mol. The van der Waals surface area contributed by atoms with Gasteiger partial charge >= 0.3 is 0 Å². The van der Waals surface area contributed by atoms with Crippen molar-refractivity contribution in [3.8, 4) is 0 Å². The second-order valence-corrected chi connectivity index (χ2v) is 4.92. The van der Waals surface area contributed by atoms with Crippen LogP contribution >= 0.6 is 23.4 Å². The molecule has 3 nitrogen and oxygen atoms in total. The van der Waals surface area contributed by atoms with Gasteiger partial charge in [-0.2, -0.15) is 5.10 Å². The molecule has 0 aliphatic heterocycles. The highest BCUT2D eigenvalue weighted by molar-refractivity contribution is 7.98. The summed E-state index contributed by atoms with van der Waals surface area (Å²) in [5.41, 5.74) is 1.01. The van der Waals surface area contributed by atoms with Crippen molar-refractivity contribution in [3.05, 3.63) is 57.5 Å². The van der Waals surface area contributed by atoms with E-state index < -0.39 is 0 Å². The molecule has 17 heavy (non-hydrogen) atoms. The lowest BCUT2D eigenvalue weighted by molar-refractivity contribution is 0.688. The summed E-state index contributed by atoms with van der Waals surface area (Å²) in [4.78, 5) is 12.4. The van der Waals surface area contributed by atoms with Gasteiger partial charge in [-0.3, -0.25) is 4.79 Å². The van der Waals surface area contributed by atoms with Crippen molar-refractivity contribution in [2.45, 2.75) is 10.6 Å². The number of benzene rings is 1. The predicted octanol–water partition coefficient (Wildman–Crippen LogP) is 2.73. The third-order valence-electron chi connectivity index (χ3n) is 2.28. The largest absolute Gasteiger partial charge is 0.281 e. The van der Waals surface area contributed by atoms with E-state index in [1.54, 1.807) is 7.05 Å². The van der Waals surface area contributed by atoms with Gasteiger partial charge < -0.3 is 0 Å². The molecule has 0 aliphatic carbocycles. The van der Waals surface area contributed by atoms with Crippen molar-refractivity contribution in [1.82, 2.24) is 9.78 Å². The van der Waals surface area contributed by atoms with E-state index in [0.717, 1.165) is 11.3 Å². The molecule has 0 aliphatic rings. The molecule has 0 N–H and O–H groups in total. The number of aromatic nitrogens is 2. The Morgan fingerprint density at radius 3 is 2.76 bits per heavy atom. The van der Waals surface area contributed by atoms with E-state index >= 15 is 0 Å². The highest BCUT2D eigenvalue weighted by atomic mass is 35.5. The van der Waals surface area contributed by atoms with E-state index in [4.69, 9.17) is 11.6 Å². The van der Waals surface area contributed by atoms with Crippen molar-refractivity contribution in [2.75, 3.05) is 0 Å². The van der Waals surface area contributed by atoms with Gasteiger partial charge in [0.2, 0.25) is 0 Å². The molecule has 0 spiro atoms. The molecule has 2 aromatic rings. The Hall–Kier alpha value is -1.26. The minimum absolute atomic E-state index is 0.154. The first-order valence-electron chi connectivity index (χ1n) is 5.07. The Kier molecular flexibility index (Phi) is 3.86. The van der Waals surface area contributed by atoms with Crippen LogP contribution in [0.25, 0.3) is 0 Å². The summed E-state index contributed by atoms with van der Waals surface area (Å²) in [6.45, 7) is 0. The first kappa shape index (κ1) is 12.2. The number of nitrogens with zero attached hydrogens (tertiary/aromatic N) is 2. The second kappa shape index (κ2) is 5.38. The summed E-state index contributed by atoms with van der Waals surface area (Å²) >= 11 is 7.41. The maximum atomic E-state index is 11.8. The molecule has 1 heterocycles. The molecule has 0 saturated carbocycles. The van der Waals surface area contributed by atoms with Crippen molar-refractivity contribution < 1.29 is 0 Å². The van der Waals surface area contributed by atoms with Gasteiger partial charge in [0.15, 0.2) is 0 Å². The summed E-state index contributed by atoms with van der Waals surface area (Å²) in [5, 5.41) is 4.26. The number of halogens is 1. The van der Waals surface area contributed by atoms with E-state index in [2.05, 4.69) is 5.10 Å². The van der Waals surface area contributed by atoms with Gasteiger partial charge in [0.25, 0.3) is 5.56 Å². The van der Waals surface area contributed by atoms with Crippen molar-refractivity contribution in [2.24, 2.45) is 7.05 Å². The van der Waals surface area contributed by atoms with Crippen LogP contribution in [0.4, 0.5) is 0 Å². The first-order valence-corrected chi connectivity index (χ1v) is 6.43. The molecular formula is C12H11ClN2OS. The van der Waals surface area contributed by atoms with Gasteiger partial charge in [-0.1, -0.05) is 41.9 Å². The monoisotopic (exact) mass is 266 g/mol. The lowest BCUT2D eigenvalue weighted by Gasteiger charge is -2.04. The fourth-order valence-electron chi connectivity index (χ4n) is 1.36. The van der Waals surface area contributed by atoms with Crippen LogP contribution in [0.3, 0.4) is 0 Å². The Bertz CT molecular complexity index is 568. The third-order valence-corrected chi connectivity index (χ3v) is 3.83. The lowest BCUT2D eigenvalue weighted by atomic mass is 10.2. The Morgan fingerprint density at radius 2 is 2.06 bits per heavy atom. The Labute approximate surface area is 108 Å². The van der Waals surface area contributed by atoms with Gasteiger partial charge in [-0.25, -0.2) is 4.68 Å². The minimum atomic E-state index is -0.154. The smallest absolute Gasteiger partial charge is 0.266 e. The molecule has 1 aromatic carbocycles. The van der Waals surface area contributed by atoms with Crippen LogP contribution in [0.15, 0.2) is 46.2 Å². The molecule has 0 fully saturated rings. The molecule has 88 valence electrons. The summed E-state index contributed by atoms with van der Waals surface area (Å²) in [5.74, 6) is 0.722. The molecule has 0 bridgehead atoms. The number of rotatable bonds is 3. The van der Waals surface area contributed by atoms with Crippen molar-refractivity contribution >= 4 is 23.4 Å². The van der Waals surface area contributed by atoms with Crippen LogP contribution in [0.1, 0.15) is 5.56 Å². The van der Waals surface area contributed by atoms with E-state index in [0.29, 0.717) is 9.92 Å². The highest BCUT2D eigenvalue weighted by Gasteiger charge is 2.08. The van der Waals surface area contributed by atoms with Gasteiger partial charge in [0, 0.05) is 12.8 Å². The van der Waals surface area contributed by atoms with E-state index in [1.165, 1.54) is 22.6 Å². The molecule has 0 amide bonds. The quantitative estimate of drug-likeness (QED) is 0.802. The molecule has 0 atom stereocenters. The van der Waals surface area contributed by atoms with Crippen LogP contribution in [0.2, 0.25) is 5.02 Å². The Morgan fingerprint density at radius 1 is 1.35 bits per heavy atom. The van der Waals surface area contributed by atoms with Crippen LogP contribution in [0.5, 0.6) is 0 Å². The molecule has 0 unspecified atom stereocenters. The molecule has 0 saturated heterocycles. The van der Waals surface area contributed by atoms with Gasteiger partial charge in [0.1, 0.15) is 0 Å². The normalized spacial score (nSPS) is 10.5. The molecule has 2 rings (SSSR count). The second-order valence-electron chi connectivity index (χ2n) is 3.52. The van der Waals surface area contributed by atoms with Crippen molar-refractivity contribution in [1.29, 1.82) is 0 Å². The van der Waals surface area contributed by atoms with Crippen LogP contribution in [-0.2, 0) is 12.8 Å². The van der Waals surface area contributed by atoms with E-state index in [1.807, 2.05) is 30.3 Å². The summed E-state index contributed by atoms with van der Waals surface area (Å²) in [6, 6.07) is 9.95. The Balaban J connectivity index is 2.20. The average molecular weight is 267 g/mol. The first-order chi connectivity index (χ1) is 8.18. The maximum Gasteiger partial charge on any atom is 0.281 e. The third kappa shape index (κ3) is 2.90. The summed E-state index contributed by atoms with van der Waals surface area (Å²) in [6.07, 6.45) is 1.50. The van der Waals surface area contributed by atoms with Gasteiger partial charge in [-0.15, -0.1) is 11.8 Å². The average Bonchev–Trinajstić information content (AvgIpc) is 2.35. The van der Waals surface area contributed by atoms with E-state index in [9.17, 15) is 4.79 Å². The highest BCUT2D eigenvalue weighted by Crippen LogP contribution is 2.25. The summed E-state index contributed by atoms with van der Waals surface area (Å²) < 4.78 is 1.29. The van der Waals surface area contributed by atoms with Gasteiger partial charge in [0.05, 0.1) is 16.1 Å².